The molecule has 7 aromatic rings. The maximum absolute atomic E-state index is 2.48. The van der Waals surface area contributed by atoms with Crippen molar-refractivity contribution in [3.05, 3.63) is 203 Å². The minimum atomic E-state index is -0.374. The van der Waals surface area contributed by atoms with Crippen LogP contribution in [0.2, 0.25) is 0 Å². The van der Waals surface area contributed by atoms with Gasteiger partial charge >= 0.3 is 0 Å². The summed E-state index contributed by atoms with van der Waals surface area (Å²) in [5.41, 5.74) is 11.8. The Bertz CT molecular complexity index is 2120. The lowest BCUT2D eigenvalue weighted by Gasteiger charge is -2.40. The van der Waals surface area contributed by atoms with Crippen LogP contribution in [0.15, 0.2) is 174 Å². The molecule has 202 valence electrons. The third-order valence-corrected chi connectivity index (χ3v) is 10.6. The zero-order valence-electron chi connectivity index (χ0n) is 23.6. The molecule has 1 atom stereocenters. The van der Waals surface area contributed by atoms with Crippen molar-refractivity contribution >= 4 is 22.5 Å². The summed E-state index contributed by atoms with van der Waals surface area (Å²) in [6.07, 6.45) is 0. The first kappa shape index (κ1) is 24.7. The van der Waals surface area contributed by atoms with Gasteiger partial charge in [0.15, 0.2) is 0 Å². The van der Waals surface area contributed by atoms with Crippen LogP contribution in [0.25, 0.3) is 21.9 Å². The summed E-state index contributed by atoms with van der Waals surface area (Å²) in [6.45, 7) is 0. The van der Waals surface area contributed by atoms with Crippen molar-refractivity contribution < 1.29 is 0 Å². The van der Waals surface area contributed by atoms with Crippen molar-refractivity contribution in [2.45, 2.75) is 21.1 Å². The summed E-state index contributed by atoms with van der Waals surface area (Å²) in [4.78, 5) is 2.67. The monoisotopic (exact) mass is 564 g/mol. The molecule has 1 aliphatic carbocycles. The number of hydrogen-bond acceptors (Lipinski definition) is 1. The van der Waals surface area contributed by atoms with Gasteiger partial charge in [0, 0.05) is 15.7 Å². The van der Waals surface area contributed by atoms with E-state index in [1.54, 1.807) is 0 Å². The molecule has 0 saturated carbocycles. The molecule has 2 aliphatic rings. The average Bonchev–Trinajstić information content (AvgIpc) is 3.37. The highest BCUT2D eigenvalue weighted by molar-refractivity contribution is 7.99. The smallest absolute Gasteiger partial charge is 0.0735 e. The molecule has 0 radical (unpaired) electrons. The van der Waals surface area contributed by atoms with Crippen LogP contribution in [0.1, 0.15) is 44.9 Å². The van der Waals surface area contributed by atoms with Crippen molar-refractivity contribution in [3.63, 3.8) is 0 Å². The Kier molecular flexibility index (Phi) is 5.51. The van der Waals surface area contributed by atoms with Crippen LogP contribution in [0.3, 0.4) is 0 Å². The van der Waals surface area contributed by atoms with Crippen LogP contribution >= 0.6 is 11.8 Å². The molecule has 0 nitrogen and oxygen atoms in total. The van der Waals surface area contributed by atoms with E-state index >= 15 is 0 Å². The Morgan fingerprint density at radius 2 is 1.02 bits per heavy atom. The minimum absolute atomic E-state index is 0.161. The minimum Gasteiger partial charge on any atom is -0.0894 e. The summed E-state index contributed by atoms with van der Waals surface area (Å²) >= 11 is 1.92. The first-order valence-electron chi connectivity index (χ1n) is 15.0. The highest BCUT2D eigenvalue weighted by Gasteiger charge is 2.50. The Labute approximate surface area is 256 Å². The summed E-state index contributed by atoms with van der Waals surface area (Å²) in [6, 6.07) is 60.9. The van der Waals surface area contributed by atoms with Crippen molar-refractivity contribution in [2.24, 2.45) is 0 Å². The molecule has 0 saturated heterocycles. The lowest BCUT2D eigenvalue weighted by atomic mass is 9.67. The number of rotatable bonds is 3. The molecule has 1 heteroatoms. The van der Waals surface area contributed by atoms with Crippen LogP contribution in [0.4, 0.5) is 0 Å². The van der Waals surface area contributed by atoms with Crippen LogP contribution < -0.4 is 0 Å². The van der Waals surface area contributed by atoms with Crippen LogP contribution in [-0.2, 0) is 5.41 Å². The fraction of sp³-hybridized carbons (Fsp3) is 0.0476. The highest BCUT2D eigenvalue weighted by atomic mass is 32.2. The predicted molar refractivity (Wildman–Crippen MR) is 179 cm³/mol. The van der Waals surface area contributed by atoms with Crippen LogP contribution in [-0.4, -0.2) is 0 Å². The molecule has 1 spiro atoms. The third-order valence-electron chi connectivity index (χ3n) is 9.45. The molecule has 0 amide bonds. The Balaban J connectivity index is 1.35. The van der Waals surface area contributed by atoms with E-state index in [4.69, 9.17) is 0 Å². The fourth-order valence-corrected chi connectivity index (χ4v) is 8.98. The molecule has 7 aromatic carbocycles. The number of fused-ring (bicyclic) bond motifs is 11. The van der Waals surface area contributed by atoms with Crippen molar-refractivity contribution in [1.29, 1.82) is 0 Å². The van der Waals surface area contributed by atoms with E-state index in [1.165, 1.54) is 70.6 Å². The van der Waals surface area contributed by atoms with E-state index in [0.717, 1.165) is 0 Å². The molecule has 9 rings (SSSR count). The van der Waals surface area contributed by atoms with Crippen molar-refractivity contribution in [2.75, 3.05) is 0 Å². The molecular formula is C42H28S. The summed E-state index contributed by atoms with van der Waals surface area (Å²) in [5.74, 6) is 0.161. The zero-order chi connectivity index (χ0) is 28.4. The van der Waals surface area contributed by atoms with Gasteiger partial charge in [0.2, 0.25) is 0 Å². The Morgan fingerprint density at radius 1 is 0.419 bits per heavy atom. The maximum Gasteiger partial charge on any atom is 0.0735 e. The third kappa shape index (κ3) is 3.52. The van der Waals surface area contributed by atoms with Crippen LogP contribution in [0, 0.1) is 0 Å². The Morgan fingerprint density at radius 3 is 1.81 bits per heavy atom. The van der Waals surface area contributed by atoms with Gasteiger partial charge < -0.3 is 0 Å². The first-order valence-corrected chi connectivity index (χ1v) is 15.8. The average molecular weight is 565 g/mol. The SMILES string of the molecule is c1ccc(C(c2ccccc2)c2ccc3c(c2)Sc2ccccc2C32c3ccccc3-c3c2ccc2ccccc32)cc1. The van der Waals surface area contributed by atoms with Gasteiger partial charge in [-0.2, -0.15) is 0 Å². The highest BCUT2D eigenvalue weighted by Crippen LogP contribution is 2.63. The van der Waals surface area contributed by atoms with Gasteiger partial charge in [-0.15, -0.1) is 0 Å². The Hall–Kier alpha value is -4.85. The standard InChI is InChI=1S/C42H28S/c1-3-14-29(15-4-1)40(30-16-5-2-6-17-30)31-24-25-36-39(27-31)43-38-22-12-11-21-35(38)42(36)34-20-10-9-19-33(34)41-32-18-8-7-13-28(32)23-26-37(41)42/h1-27,40H. The largest absolute Gasteiger partial charge is 0.0894 e. The van der Waals surface area contributed by atoms with Gasteiger partial charge in [0.25, 0.3) is 0 Å². The lowest BCUT2D eigenvalue weighted by molar-refractivity contribution is 0.720. The van der Waals surface area contributed by atoms with Crippen molar-refractivity contribution in [1.82, 2.24) is 0 Å². The van der Waals surface area contributed by atoms with Gasteiger partial charge in [0.05, 0.1) is 5.41 Å². The number of hydrogen-bond donors (Lipinski definition) is 0. The molecule has 43 heavy (non-hydrogen) atoms. The van der Waals surface area contributed by atoms with E-state index in [2.05, 4.69) is 164 Å². The van der Waals surface area contributed by atoms with Gasteiger partial charge in [-0.05, 0) is 73.0 Å². The van der Waals surface area contributed by atoms with E-state index in [0.29, 0.717) is 0 Å². The molecule has 1 heterocycles. The first-order chi connectivity index (χ1) is 21.3. The van der Waals surface area contributed by atoms with Gasteiger partial charge in [0.1, 0.15) is 0 Å². The molecule has 1 unspecified atom stereocenters. The maximum atomic E-state index is 2.48. The van der Waals surface area contributed by atoms with Gasteiger partial charge in [-0.1, -0.05) is 163 Å². The second kappa shape index (κ2) is 9.59. The summed E-state index contributed by atoms with van der Waals surface area (Å²) in [5, 5.41) is 2.61. The molecule has 0 bridgehead atoms. The molecule has 0 N–H and O–H groups in total. The summed E-state index contributed by atoms with van der Waals surface area (Å²) < 4.78 is 0. The molecule has 0 fully saturated rings. The quantitative estimate of drug-likeness (QED) is 0.192. The van der Waals surface area contributed by atoms with Gasteiger partial charge in [-0.3, -0.25) is 0 Å². The van der Waals surface area contributed by atoms with Gasteiger partial charge in [-0.25, -0.2) is 0 Å². The second-order valence-electron chi connectivity index (χ2n) is 11.6. The van der Waals surface area contributed by atoms with E-state index in [-0.39, 0.29) is 11.3 Å². The second-order valence-corrected chi connectivity index (χ2v) is 12.7. The predicted octanol–water partition coefficient (Wildman–Crippen LogP) is 10.8. The normalized spacial score (nSPS) is 16.1. The lowest BCUT2D eigenvalue weighted by Crippen LogP contribution is -2.32. The number of benzene rings is 7. The molecule has 1 aliphatic heterocycles. The zero-order valence-corrected chi connectivity index (χ0v) is 24.4. The topological polar surface area (TPSA) is 0 Å². The van der Waals surface area contributed by atoms with E-state index in [9.17, 15) is 0 Å². The van der Waals surface area contributed by atoms with Crippen LogP contribution in [0.5, 0.6) is 0 Å². The van der Waals surface area contributed by atoms with Crippen molar-refractivity contribution in [3.8, 4) is 11.1 Å². The summed E-state index contributed by atoms with van der Waals surface area (Å²) in [7, 11) is 0. The molecule has 0 aromatic heterocycles. The van der Waals surface area contributed by atoms with E-state index in [1.807, 2.05) is 11.8 Å². The fourth-order valence-electron chi connectivity index (χ4n) is 7.74. The van der Waals surface area contributed by atoms with E-state index < -0.39 is 0 Å². The molecular weight excluding hydrogens is 537 g/mol.